The van der Waals surface area contributed by atoms with Gasteiger partial charge in [-0.2, -0.15) is 5.26 Å². The second-order valence-corrected chi connectivity index (χ2v) is 4.91. The van der Waals surface area contributed by atoms with Crippen molar-refractivity contribution in [2.45, 2.75) is 32.1 Å². The van der Waals surface area contributed by atoms with Crippen LogP contribution in [0, 0.1) is 28.6 Å². The van der Waals surface area contributed by atoms with E-state index in [0.29, 0.717) is 5.92 Å². The Hall–Kier alpha value is -1.56. The van der Waals surface area contributed by atoms with Gasteiger partial charge in [-0.25, -0.2) is 0 Å². The van der Waals surface area contributed by atoms with E-state index in [1.54, 1.807) is 0 Å². The fraction of sp³-hybridized carbons (Fsp3) is 0.571. The zero-order valence-electron chi connectivity index (χ0n) is 9.92. The number of nitrogens with zero attached hydrogens (tertiary/aromatic N) is 2. The van der Waals surface area contributed by atoms with Gasteiger partial charge in [0.05, 0.1) is 17.7 Å². The van der Waals surface area contributed by atoms with Crippen molar-refractivity contribution in [3.05, 3.63) is 24.3 Å². The van der Waals surface area contributed by atoms with Gasteiger partial charge in [0, 0.05) is 5.92 Å². The summed E-state index contributed by atoms with van der Waals surface area (Å²) in [5, 5.41) is 21.5. The van der Waals surface area contributed by atoms with Crippen LogP contribution in [0.2, 0.25) is 0 Å². The van der Waals surface area contributed by atoms with Crippen LogP contribution in [0.4, 0.5) is 0 Å². The van der Waals surface area contributed by atoms with Crippen LogP contribution in [0.25, 0.3) is 0 Å². The molecule has 0 spiro atoms. The van der Waals surface area contributed by atoms with Gasteiger partial charge in [-0.15, -0.1) is 5.16 Å². The smallest absolute Gasteiger partial charge is 0.0897 e. The molecule has 1 saturated carbocycles. The highest BCUT2D eigenvalue weighted by Gasteiger charge is 2.43. The number of hydrogen-bond donors (Lipinski definition) is 1. The average Bonchev–Trinajstić information content (AvgIpc) is 2.41. The summed E-state index contributed by atoms with van der Waals surface area (Å²) in [7, 11) is 0. The lowest BCUT2D eigenvalue weighted by atomic mass is 9.62. The normalized spacial score (nSPS) is 33.9. The Morgan fingerprint density at radius 1 is 1.29 bits per heavy atom. The molecule has 17 heavy (non-hydrogen) atoms. The van der Waals surface area contributed by atoms with Crippen LogP contribution in [-0.2, 0) is 0 Å². The summed E-state index contributed by atoms with van der Waals surface area (Å²) >= 11 is 0. The molecule has 0 bridgehead atoms. The van der Waals surface area contributed by atoms with E-state index < -0.39 is 5.41 Å². The summed E-state index contributed by atoms with van der Waals surface area (Å²) in [5.74, 6) is 0.274. The van der Waals surface area contributed by atoms with E-state index in [1.165, 1.54) is 25.5 Å². The lowest BCUT2D eigenvalue weighted by molar-refractivity contribution is 0.203. The van der Waals surface area contributed by atoms with Crippen molar-refractivity contribution in [2.24, 2.45) is 22.4 Å². The molecule has 2 atom stereocenters. The molecule has 0 saturated heterocycles. The lowest BCUT2D eigenvalue weighted by Crippen LogP contribution is -2.37. The molecule has 3 heteroatoms. The second kappa shape index (κ2) is 5.18. The van der Waals surface area contributed by atoms with E-state index in [9.17, 15) is 5.26 Å². The molecule has 0 aromatic rings. The third-order valence-electron chi connectivity index (χ3n) is 4.05. The summed E-state index contributed by atoms with van der Waals surface area (Å²) in [6, 6.07) is 2.48. The first-order valence-corrected chi connectivity index (χ1v) is 6.28. The predicted octanol–water partition coefficient (Wildman–Crippen LogP) is 3.28. The molecule has 2 unspecified atom stereocenters. The molecule has 1 fully saturated rings. The van der Waals surface area contributed by atoms with Gasteiger partial charge in [0.1, 0.15) is 0 Å². The molecule has 0 amide bonds. The molecule has 2 rings (SSSR count). The van der Waals surface area contributed by atoms with Gasteiger partial charge >= 0.3 is 0 Å². The van der Waals surface area contributed by atoms with Crippen LogP contribution in [0.15, 0.2) is 29.5 Å². The summed E-state index contributed by atoms with van der Waals surface area (Å²) in [6.45, 7) is 0. The van der Waals surface area contributed by atoms with Crippen molar-refractivity contribution in [1.82, 2.24) is 0 Å². The van der Waals surface area contributed by atoms with Gasteiger partial charge in [-0.1, -0.05) is 43.6 Å². The second-order valence-electron chi connectivity index (χ2n) is 4.91. The van der Waals surface area contributed by atoms with Gasteiger partial charge in [0.25, 0.3) is 0 Å². The summed E-state index contributed by atoms with van der Waals surface area (Å²) in [5.41, 5.74) is -0.512. The van der Waals surface area contributed by atoms with Crippen LogP contribution >= 0.6 is 0 Å². The average molecular weight is 230 g/mol. The molecular weight excluding hydrogens is 212 g/mol. The first kappa shape index (κ1) is 11.9. The van der Waals surface area contributed by atoms with Gasteiger partial charge in [0.15, 0.2) is 0 Å². The van der Waals surface area contributed by atoms with Gasteiger partial charge in [-0.05, 0) is 18.8 Å². The highest BCUT2D eigenvalue weighted by atomic mass is 16.4. The number of allylic oxidation sites excluding steroid dienone is 4. The molecule has 3 nitrogen and oxygen atoms in total. The molecule has 2 aliphatic rings. The van der Waals surface area contributed by atoms with E-state index in [0.717, 1.165) is 12.8 Å². The number of nitriles is 1. The van der Waals surface area contributed by atoms with Gasteiger partial charge < -0.3 is 5.21 Å². The molecule has 0 radical (unpaired) electrons. The summed E-state index contributed by atoms with van der Waals surface area (Å²) in [6.07, 6.45) is 15.2. The quantitative estimate of drug-likeness (QED) is 0.449. The van der Waals surface area contributed by atoms with Crippen molar-refractivity contribution in [3.8, 4) is 6.07 Å². The third-order valence-corrected chi connectivity index (χ3v) is 4.05. The van der Waals surface area contributed by atoms with Crippen LogP contribution in [-0.4, -0.2) is 11.4 Å². The van der Waals surface area contributed by atoms with Crippen LogP contribution in [0.3, 0.4) is 0 Å². The monoisotopic (exact) mass is 230 g/mol. The zero-order valence-corrected chi connectivity index (χ0v) is 9.92. The SMILES string of the molecule is N#CC1(C2CCCCC2)C=CC=CC1C=NO. The maximum absolute atomic E-state index is 9.61. The van der Waals surface area contributed by atoms with Crippen molar-refractivity contribution in [1.29, 1.82) is 5.26 Å². The molecule has 0 aromatic heterocycles. The highest BCUT2D eigenvalue weighted by Crippen LogP contribution is 2.46. The van der Waals surface area contributed by atoms with Crippen LogP contribution in [0.5, 0.6) is 0 Å². The Kier molecular flexibility index (Phi) is 3.63. The Morgan fingerprint density at radius 3 is 2.71 bits per heavy atom. The van der Waals surface area contributed by atoms with Crippen molar-refractivity contribution >= 4 is 6.21 Å². The standard InChI is InChI=1S/C14H18N2O/c15-11-14(12-6-2-1-3-7-12)9-5-4-8-13(14)10-16-17/h4-5,8-10,12-13,17H,1-3,6-7H2. The van der Waals surface area contributed by atoms with Crippen molar-refractivity contribution in [3.63, 3.8) is 0 Å². The highest BCUT2D eigenvalue weighted by molar-refractivity contribution is 5.67. The maximum Gasteiger partial charge on any atom is 0.0897 e. The summed E-state index contributed by atoms with van der Waals surface area (Å²) < 4.78 is 0. The Bertz CT molecular complexity index is 386. The van der Waals surface area contributed by atoms with Crippen molar-refractivity contribution < 1.29 is 5.21 Å². The number of oxime groups is 1. The Labute approximate surface area is 102 Å². The number of rotatable bonds is 2. The molecule has 0 heterocycles. The van der Waals surface area contributed by atoms with Gasteiger partial charge in [0.2, 0.25) is 0 Å². The minimum absolute atomic E-state index is 0.106. The third kappa shape index (κ3) is 2.12. The largest absolute Gasteiger partial charge is 0.411 e. The topological polar surface area (TPSA) is 56.4 Å². The molecule has 2 aliphatic carbocycles. The minimum atomic E-state index is -0.512. The molecular formula is C14H18N2O. The van der Waals surface area contributed by atoms with E-state index in [-0.39, 0.29) is 5.92 Å². The lowest BCUT2D eigenvalue weighted by Gasteiger charge is -2.39. The first-order valence-electron chi connectivity index (χ1n) is 6.28. The first-order chi connectivity index (χ1) is 8.33. The fourth-order valence-corrected chi connectivity index (χ4v) is 3.11. The van der Waals surface area contributed by atoms with Crippen LogP contribution < -0.4 is 0 Å². The van der Waals surface area contributed by atoms with E-state index in [4.69, 9.17) is 5.21 Å². The fourth-order valence-electron chi connectivity index (χ4n) is 3.11. The van der Waals surface area contributed by atoms with E-state index >= 15 is 0 Å². The van der Waals surface area contributed by atoms with Crippen LogP contribution in [0.1, 0.15) is 32.1 Å². The predicted molar refractivity (Wildman–Crippen MR) is 66.7 cm³/mol. The minimum Gasteiger partial charge on any atom is -0.411 e. The molecule has 1 N–H and O–H groups in total. The Balaban J connectivity index is 2.30. The molecule has 0 aliphatic heterocycles. The maximum atomic E-state index is 9.61. The van der Waals surface area contributed by atoms with Crippen molar-refractivity contribution in [2.75, 3.05) is 0 Å². The Morgan fingerprint density at radius 2 is 2.06 bits per heavy atom. The summed E-state index contributed by atoms with van der Waals surface area (Å²) in [4.78, 5) is 0. The molecule has 0 aromatic carbocycles. The zero-order chi connectivity index (χ0) is 12.1. The van der Waals surface area contributed by atoms with E-state index in [1.807, 2.05) is 24.3 Å². The number of hydrogen-bond acceptors (Lipinski definition) is 3. The van der Waals surface area contributed by atoms with Gasteiger partial charge in [-0.3, -0.25) is 0 Å². The van der Waals surface area contributed by atoms with E-state index in [2.05, 4.69) is 11.2 Å². The molecule has 90 valence electrons.